The van der Waals surface area contributed by atoms with Gasteiger partial charge >= 0.3 is 362 Å². The Bertz CT molecular complexity index is 2680. The number of hydrogen-bond donors (Lipinski definition) is 2. The number of aryl methyl sites for hydroxylation is 2. The molecule has 3 aromatic carbocycles. The third-order valence-electron chi connectivity index (χ3n) is 11.1. The maximum absolute atomic E-state index is 13.3. The van der Waals surface area contributed by atoms with Gasteiger partial charge in [0.2, 0.25) is 0 Å². The monoisotopic (exact) mass is 968 g/mol. The van der Waals surface area contributed by atoms with Gasteiger partial charge in [0.05, 0.1) is 14.2 Å². The van der Waals surface area contributed by atoms with E-state index < -0.39 is 77.1 Å². The molecule has 0 saturated carbocycles. The number of aromatic amines is 2. The van der Waals surface area contributed by atoms with Crippen LogP contribution in [-0.2, 0) is 42.9 Å². The third-order valence-corrected chi connectivity index (χ3v) is 14.7. The van der Waals surface area contributed by atoms with Crippen molar-refractivity contribution in [1.29, 1.82) is 0 Å². The molecule has 64 heavy (non-hydrogen) atoms. The SMILES string of the molecule is COc1ccc(C(OC[C@H]2O[C@@H](n3cc(C)c(=O)[nH]c3=O)C[C@@H]2OP(=[Se])(OC)OC[C@H]2O[C@@H](n3cc(C)c(=O)[nH]c3=O)C[C@@H]2OC(C)=O)(c2ccccc2)c2ccc(OC)cc2)cc1. The van der Waals surface area contributed by atoms with E-state index in [-0.39, 0.29) is 31.6 Å². The normalized spacial score (nSPS) is 21.9. The number of hydrogen-bond acceptors (Lipinski definition) is 14. The van der Waals surface area contributed by atoms with Crippen LogP contribution in [-0.4, -0.2) is 99.1 Å². The van der Waals surface area contributed by atoms with Crippen LogP contribution in [0.15, 0.2) is 110 Å². The number of carbonyl (C=O) groups excluding carboxylic acids is 1. The summed E-state index contributed by atoms with van der Waals surface area (Å²) in [6.07, 6.45) is -5.75. The van der Waals surface area contributed by atoms with Crippen LogP contribution in [0.3, 0.4) is 0 Å². The van der Waals surface area contributed by atoms with Gasteiger partial charge in [-0.05, 0) is 0 Å². The zero-order valence-corrected chi connectivity index (χ0v) is 38.5. The number of ether oxygens (including phenoxy) is 6. The van der Waals surface area contributed by atoms with Crippen molar-refractivity contribution in [3.63, 3.8) is 0 Å². The van der Waals surface area contributed by atoms with Crippen molar-refractivity contribution in [1.82, 2.24) is 19.1 Å². The van der Waals surface area contributed by atoms with Crippen molar-refractivity contribution in [2.45, 2.75) is 76.1 Å². The molecule has 2 saturated heterocycles. The number of nitrogens with zero attached hydrogens (tertiary/aromatic N) is 2. The fourth-order valence-corrected chi connectivity index (χ4v) is 10.0. The summed E-state index contributed by atoms with van der Waals surface area (Å²) in [4.78, 5) is 67.3. The molecule has 340 valence electrons. The van der Waals surface area contributed by atoms with Gasteiger partial charge in [0, 0.05) is 0 Å². The minimum atomic E-state index is -3.44. The second kappa shape index (κ2) is 19.9. The van der Waals surface area contributed by atoms with Crippen molar-refractivity contribution in [3.8, 4) is 11.5 Å². The van der Waals surface area contributed by atoms with E-state index in [1.165, 1.54) is 35.6 Å². The first-order valence-electron chi connectivity index (χ1n) is 20.3. The molecule has 1 unspecified atom stereocenters. The Balaban J connectivity index is 1.22. The van der Waals surface area contributed by atoms with Crippen LogP contribution in [0.1, 0.15) is 60.0 Å². The number of benzene rings is 3. The summed E-state index contributed by atoms with van der Waals surface area (Å²) in [5, 5.41) is 0. The van der Waals surface area contributed by atoms with E-state index >= 15 is 0 Å². The standard InChI is InChI=1S/C44H49N4O14PSe/c1-26-22-47(42(52)45-40(26)50)38-20-34(59-28(3)49)37(61-38)25-58-63(64,56-6)62-35-21-39(48-23-27(2)41(51)46-43(48)53)60-36(35)24-57-44(29-10-8-7-9-11-29,30-12-16-32(54-4)17-13-30)31-14-18-33(55-5)19-15-31/h7-19,22-23,34-39H,20-21,24-25H2,1-6H3,(H,45,50,52)(H,46,51,53)/t34-,35-,36+,37+,38+,39+,63?/m0/s1. The van der Waals surface area contributed by atoms with E-state index in [0.29, 0.717) is 17.1 Å². The number of carbonyl (C=O) groups is 1. The number of rotatable bonds is 17. The van der Waals surface area contributed by atoms with Gasteiger partial charge in [-0.25, -0.2) is 0 Å². The summed E-state index contributed by atoms with van der Waals surface area (Å²) in [5.74, 6) is 0.723. The first-order chi connectivity index (χ1) is 30.7. The average Bonchev–Trinajstić information content (AvgIpc) is 3.88. The second-order valence-corrected chi connectivity index (χ2v) is 19.8. The molecule has 7 atom stereocenters. The molecule has 0 spiro atoms. The maximum atomic E-state index is 13.3. The molecule has 2 fully saturated rings. The molecule has 0 radical (unpaired) electrons. The first-order valence-corrected chi connectivity index (χ1v) is 24.0. The molecule has 0 amide bonds. The van der Waals surface area contributed by atoms with Crippen LogP contribution in [0, 0.1) is 13.8 Å². The summed E-state index contributed by atoms with van der Waals surface area (Å²) in [7, 11) is 4.58. The zero-order chi connectivity index (χ0) is 45.8. The number of methoxy groups -OCH3 is 2. The van der Waals surface area contributed by atoms with Crippen molar-refractivity contribution >= 4 is 27.3 Å². The Hall–Kier alpha value is -5.20. The number of nitrogens with one attached hydrogen (secondary N) is 2. The molecule has 2 N–H and O–H groups in total. The molecular weight excluding hydrogens is 918 g/mol. The van der Waals surface area contributed by atoms with Gasteiger partial charge in [0.15, 0.2) is 0 Å². The van der Waals surface area contributed by atoms with E-state index in [1.807, 2.05) is 78.9 Å². The Labute approximate surface area is 374 Å². The molecule has 20 heteroatoms. The Morgan fingerprint density at radius 2 is 1.19 bits per heavy atom. The van der Waals surface area contributed by atoms with Crippen molar-refractivity contribution in [2.24, 2.45) is 0 Å². The molecule has 7 rings (SSSR count). The van der Waals surface area contributed by atoms with E-state index in [2.05, 4.69) is 25.1 Å². The summed E-state index contributed by atoms with van der Waals surface area (Å²) in [6, 6.07) is 24.8. The van der Waals surface area contributed by atoms with Gasteiger partial charge in [-0.3, -0.25) is 0 Å². The van der Waals surface area contributed by atoms with Gasteiger partial charge < -0.3 is 0 Å². The predicted molar refractivity (Wildman–Crippen MR) is 233 cm³/mol. The van der Waals surface area contributed by atoms with Crippen LogP contribution in [0.5, 0.6) is 11.5 Å². The van der Waals surface area contributed by atoms with E-state index in [4.69, 9.17) is 42.0 Å². The van der Waals surface area contributed by atoms with Crippen molar-refractivity contribution in [3.05, 3.63) is 161 Å². The molecule has 2 aromatic heterocycles. The predicted octanol–water partition coefficient (Wildman–Crippen LogP) is 4.13. The molecule has 5 aromatic rings. The topological polar surface area (TPSA) is 210 Å². The molecule has 4 heterocycles. The quantitative estimate of drug-likeness (QED) is 0.0582. The number of H-pyrrole nitrogens is 2. The van der Waals surface area contributed by atoms with Crippen LogP contribution in [0.4, 0.5) is 0 Å². The van der Waals surface area contributed by atoms with Gasteiger partial charge in [-0.1, -0.05) is 0 Å². The van der Waals surface area contributed by atoms with Crippen LogP contribution >= 0.6 is 6.19 Å². The Morgan fingerprint density at radius 3 is 1.66 bits per heavy atom. The minimum absolute atomic E-state index is 0.0855. The third kappa shape index (κ3) is 10.0. The van der Waals surface area contributed by atoms with E-state index in [1.54, 1.807) is 28.1 Å². The van der Waals surface area contributed by atoms with Crippen LogP contribution < -0.4 is 32.0 Å². The molecule has 2 aliphatic heterocycles. The number of aromatic nitrogens is 4. The van der Waals surface area contributed by atoms with Crippen molar-refractivity contribution < 1.29 is 46.8 Å². The van der Waals surface area contributed by atoms with Gasteiger partial charge in [0.25, 0.3) is 0 Å². The molecule has 0 aliphatic carbocycles. The van der Waals surface area contributed by atoms with E-state index in [0.717, 1.165) is 16.7 Å². The van der Waals surface area contributed by atoms with E-state index in [9.17, 15) is 24.0 Å². The summed E-state index contributed by atoms with van der Waals surface area (Å²) >= 11 is 2.94. The average molecular weight is 968 g/mol. The fourth-order valence-electron chi connectivity index (χ4n) is 7.83. The fraction of sp³-hybridized carbons (Fsp3) is 0.386. The van der Waals surface area contributed by atoms with Crippen LogP contribution in [0.2, 0.25) is 0 Å². The summed E-state index contributed by atoms with van der Waals surface area (Å²) < 4.78 is 58.1. The number of esters is 1. The Kier molecular flexibility index (Phi) is 14.5. The molecular formula is C44H49N4O14PSe. The van der Waals surface area contributed by atoms with Gasteiger partial charge in [0.1, 0.15) is 0 Å². The molecule has 0 bridgehead atoms. The van der Waals surface area contributed by atoms with Crippen molar-refractivity contribution in [2.75, 3.05) is 34.5 Å². The van der Waals surface area contributed by atoms with Gasteiger partial charge in [-0.2, -0.15) is 0 Å². The first kappa shape index (κ1) is 46.8. The summed E-state index contributed by atoms with van der Waals surface area (Å²) in [6.45, 7) is 4.07. The Morgan fingerprint density at radius 1 is 0.719 bits per heavy atom. The van der Waals surface area contributed by atoms with Crippen LogP contribution in [0.25, 0.3) is 0 Å². The second-order valence-electron chi connectivity index (χ2n) is 15.2. The molecule has 18 nitrogen and oxygen atoms in total. The van der Waals surface area contributed by atoms with Gasteiger partial charge in [-0.15, -0.1) is 0 Å². The molecule has 2 aliphatic rings. The zero-order valence-electron chi connectivity index (χ0n) is 35.9. The summed E-state index contributed by atoms with van der Waals surface area (Å²) in [5.41, 5.74) is -0.738.